The number of carboxylic acids is 1. The van der Waals surface area contributed by atoms with Gasteiger partial charge in [-0.3, -0.25) is 9.59 Å². The maximum Gasteiger partial charge on any atom is 0.319 e. The van der Waals surface area contributed by atoms with E-state index in [9.17, 15) is 14.7 Å². The number of aliphatic carboxylic acids is 1. The molecule has 0 bridgehead atoms. The molecule has 1 saturated heterocycles. The maximum atomic E-state index is 13.5. The number of halogens is 1. The molecule has 7 nitrogen and oxygen atoms in total. The van der Waals surface area contributed by atoms with Crippen molar-refractivity contribution in [2.45, 2.75) is 23.5 Å². The average Bonchev–Trinajstić information content (AvgIpc) is 3.40. The van der Waals surface area contributed by atoms with Gasteiger partial charge in [0.05, 0.1) is 18.1 Å². The number of anilines is 2. The first-order valence-corrected chi connectivity index (χ1v) is 14.7. The van der Waals surface area contributed by atoms with Gasteiger partial charge in [0.1, 0.15) is 15.4 Å². The van der Waals surface area contributed by atoms with Crippen molar-refractivity contribution in [3.05, 3.63) is 83.5 Å². The van der Waals surface area contributed by atoms with Crippen LogP contribution in [0.2, 0.25) is 5.02 Å². The van der Waals surface area contributed by atoms with Crippen LogP contribution in [0.1, 0.15) is 24.3 Å². The summed E-state index contributed by atoms with van der Waals surface area (Å²) in [5.74, 6) is -1.18. The first kappa shape index (κ1) is 28.2. The minimum absolute atomic E-state index is 0.304. The Morgan fingerprint density at radius 1 is 0.975 bits per heavy atom. The van der Waals surface area contributed by atoms with Gasteiger partial charge in [0.2, 0.25) is 0 Å². The van der Waals surface area contributed by atoms with E-state index in [0.29, 0.717) is 34.6 Å². The number of carboxylic acid groups (broad SMARTS) is 1. The zero-order valence-electron chi connectivity index (χ0n) is 22.0. The summed E-state index contributed by atoms with van der Waals surface area (Å²) in [6.07, 6.45) is 0. The monoisotopic (exact) mass is 593 g/mol. The molecule has 10 heteroatoms. The van der Waals surface area contributed by atoms with E-state index in [1.807, 2.05) is 60.7 Å². The molecule has 0 radical (unpaired) electrons. The number of thiazole rings is 1. The van der Waals surface area contributed by atoms with Gasteiger partial charge in [-0.2, -0.15) is 0 Å². The normalized spacial score (nSPS) is 13.7. The molecule has 0 spiro atoms. The molecule has 2 N–H and O–H groups in total. The van der Waals surface area contributed by atoms with Gasteiger partial charge in [0, 0.05) is 39.9 Å². The number of benzene rings is 3. The fraction of sp³-hybridized carbons (Fsp3) is 0.233. The Labute approximate surface area is 246 Å². The van der Waals surface area contributed by atoms with Crippen LogP contribution in [0.3, 0.4) is 0 Å². The number of hydrogen-bond donors (Lipinski definition) is 2. The highest BCUT2D eigenvalue weighted by atomic mass is 35.5. The summed E-state index contributed by atoms with van der Waals surface area (Å²) in [5.41, 5.74) is 3.78. The largest absolute Gasteiger partial charge is 0.480 e. The standard InChI is InChI=1S/C30H28ClN3O4S2/c1-30(2,29(36)37)40-24-13-5-20(6-14-24)28-33-25(26(39-28)19-3-7-21(31)8-4-19)27(35)32-22-9-11-23(12-10-22)34-15-17-38-18-16-34/h3-14H,15-18H2,1-2H3,(H,32,35)(H,36,37). The van der Waals surface area contributed by atoms with Gasteiger partial charge in [-0.25, -0.2) is 4.98 Å². The van der Waals surface area contributed by atoms with E-state index in [1.165, 1.54) is 23.1 Å². The Morgan fingerprint density at radius 3 is 2.23 bits per heavy atom. The number of hydrogen-bond acceptors (Lipinski definition) is 7. The summed E-state index contributed by atoms with van der Waals surface area (Å²) in [4.78, 5) is 33.6. The predicted molar refractivity (Wildman–Crippen MR) is 163 cm³/mol. The summed E-state index contributed by atoms with van der Waals surface area (Å²) in [5, 5.41) is 13.7. The van der Waals surface area contributed by atoms with Crippen LogP contribution in [0.4, 0.5) is 11.4 Å². The van der Waals surface area contributed by atoms with Crippen molar-refractivity contribution < 1.29 is 19.4 Å². The van der Waals surface area contributed by atoms with Crippen molar-refractivity contribution in [1.82, 2.24) is 4.98 Å². The molecule has 0 atom stereocenters. The molecule has 2 heterocycles. The molecule has 4 aromatic rings. The fourth-order valence-electron chi connectivity index (χ4n) is 4.17. The highest BCUT2D eigenvalue weighted by Crippen LogP contribution is 2.38. The molecular weight excluding hydrogens is 566 g/mol. The third-order valence-corrected chi connectivity index (χ3v) is 9.04. The number of carbonyl (C=O) groups excluding carboxylic acids is 1. The highest BCUT2D eigenvalue weighted by Gasteiger charge is 2.28. The SMILES string of the molecule is CC(C)(Sc1ccc(-c2nc(C(=O)Nc3ccc(N4CCOCC4)cc3)c(-c3ccc(Cl)cc3)s2)cc1)C(=O)O. The van der Waals surface area contributed by atoms with Crippen molar-refractivity contribution in [3.63, 3.8) is 0 Å². The molecule has 1 aliphatic heterocycles. The number of ether oxygens (including phenoxy) is 1. The quantitative estimate of drug-likeness (QED) is 0.209. The van der Waals surface area contributed by atoms with Crippen LogP contribution in [-0.4, -0.2) is 53.0 Å². The van der Waals surface area contributed by atoms with Crippen LogP contribution >= 0.6 is 34.7 Å². The first-order chi connectivity index (χ1) is 19.2. The van der Waals surface area contributed by atoms with E-state index in [2.05, 4.69) is 10.2 Å². The van der Waals surface area contributed by atoms with Crippen LogP contribution in [0, 0.1) is 0 Å². The molecular formula is C30H28ClN3O4S2. The molecule has 3 aromatic carbocycles. The number of amides is 1. The lowest BCUT2D eigenvalue weighted by atomic mass is 10.1. The highest BCUT2D eigenvalue weighted by molar-refractivity contribution is 8.01. The van der Waals surface area contributed by atoms with E-state index in [1.54, 1.807) is 26.0 Å². The fourth-order valence-corrected chi connectivity index (χ4v) is 6.31. The van der Waals surface area contributed by atoms with Gasteiger partial charge in [0.25, 0.3) is 5.91 Å². The second-order valence-electron chi connectivity index (χ2n) is 9.75. The zero-order chi connectivity index (χ0) is 28.3. The Balaban J connectivity index is 1.41. The van der Waals surface area contributed by atoms with Crippen LogP contribution in [-0.2, 0) is 9.53 Å². The van der Waals surface area contributed by atoms with Gasteiger partial charge >= 0.3 is 5.97 Å². The molecule has 0 aliphatic carbocycles. The lowest BCUT2D eigenvalue weighted by Gasteiger charge is -2.28. The molecule has 206 valence electrons. The topological polar surface area (TPSA) is 91.8 Å². The van der Waals surface area contributed by atoms with Gasteiger partial charge in [-0.05, 0) is 67.9 Å². The third-order valence-electron chi connectivity index (χ3n) is 6.44. The van der Waals surface area contributed by atoms with E-state index in [-0.39, 0.29) is 5.91 Å². The maximum absolute atomic E-state index is 13.5. The Kier molecular flexibility index (Phi) is 8.46. The van der Waals surface area contributed by atoms with Gasteiger partial charge in [-0.1, -0.05) is 35.9 Å². The number of carbonyl (C=O) groups is 2. The number of morpholine rings is 1. The Hall–Kier alpha value is -3.37. The zero-order valence-corrected chi connectivity index (χ0v) is 24.4. The second-order valence-corrected chi connectivity index (χ2v) is 12.9. The summed E-state index contributed by atoms with van der Waals surface area (Å²) in [6.45, 7) is 6.45. The molecule has 1 fully saturated rings. The predicted octanol–water partition coefficient (Wildman–Crippen LogP) is 7.17. The molecule has 1 aromatic heterocycles. The van der Waals surface area contributed by atoms with Crippen LogP contribution in [0.15, 0.2) is 77.7 Å². The molecule has 1 aliphatic rings. The minimum Gasteiger partial charge on any atom is -0.480 e. The minimum atomic E-state index is -0.948. The number of nitrogens with one attached hydrogen (secondary N) is 1. The molecule has 0 unspecified atom stereocenters. The van der Waals surface area contributed by atoms with Gasteiger partial charge in [-0.15, -0.1) is 23.1 Å². The van der Waals surface area contributed by atoms with Crippen molar-refractivity contribution in [2.24, 2.45) is 0 Å². The number of aromatic nitrogens is 1. The van der Waals surface area contributed by atoms with Gasteiger partial charge < -0.3 is 20.1 Å². The molecule has 40 heavy (non-hydrogen) atoms. The lowest BCUT2D eigenvalue weighted by molar-refractivity contribution is -0.138. The van der Waals surface area contributed by atoms with Gasteiger partial charge in [0.15, 0.2) is 0 Å². The molecule has 5 rings (SSSR count). The van der Waals surface area contributed by atoms with E-state index < -0.39 is 10.7 Å². The first-order valence-electron chi connectivity index (χ1n) is 12.7. The smallest absolute Gasteiger partial charge is 0.319 e. The summed E-state index contributed by atoms with van der Waals surface area (Å²) in [6, 6.07) is 22.7. The lowest BCUT2D eigenvalue weighted by Crippen LogP contribution is -2.36. The van der Waals surface area contributed by atoms with Crippen molar-refractivity contribution in [3.8, 4) is 21.0 Å². The summed E-state index contributed by atoms with van der Waals surface area (Å²) >= 11 is 8.82. The van der Waals surface area contributed by atoms with Crippen LogP contribution in [0.25, 0.3) is 21.0 Å². The van der Waals surface area contributed by atoms with E-state index in [4.69, 9.17) is 21.3 Å². The van der Waals surface area contributed by atoms with Crippen molar-refractivity contribution in [1.29, 1.82) is 0 Å². The van der Waals surface area contributed by atoms with Crippen LogP contribution in [0.5, 0.6) is 0 Å². The number of nitrogens with zero attached hydrogens (tertiary/aromatic N) is 2. The van der Waals surface area contributed by atoms with E-state index >= 15 is 0 Å². The average molecular weight is 594 g/mol. The van der Waals surface area contributed by atoms with Crippen molar-refractivity contribution >= 4 is 58.0 Å². The number of rotatable bonds is 8. The Bertz CT molecular complexity index is 1500. The van der Waals surface area contributed by atoms with Crippen molar-refractivity contribution in [2.75, 3.05) is 36.5 Å². The second kappa shape index (κ2) is 12.0. The summed E-state index contributed by atoms with van der Waals surface area (Å²) in [7, 11) is 0. The third kappa shape index (κ3) is 6.50. The summed E-state index contributed by atoms with van der Waals surface area (Å²) < 4.78 is 4.49. The molecule has 0 saturated carbocycles. The van der Waals surface area contributed by atoms with Crippen LogP contribution < -0.4 is 10.2 Å². The van der Waals surface area contributed by atoms with E-state index in [0.717, 1.165) is 39.7 Å². The molecule has 1 amide bonds. The number of thioether (sulfide) groups is 1. The Morgan fingerprint density at radius 2 is 1.60 bits per heavy atom.